The van der Waals surface area contributed by atoms with Crippen LogP contribution in [0.3, 0.4) is 0 Å². The Kier molecular flexibility index (Phi) is 10.1. The average Bonchev–Trinajstić information content (AvgIpc) is 2.72. The molecule has 0 fully saturated rings. The summed E-state index contributed by atoms with van der Waals surface area (Å²) in [5.74, 6) is -0.0337. The Balaban J connectivity index is 1.97. The van der Waals surface area contributed by atoms with E-state index in [0.29, 0.717) is 6.42 Å². The fourth-order valence-corrected chi connectivity index (χ4v) is 5.63. The van der Waals surface area contributed by atoms with Crippen molar-refractivity contribution in [3.05, 3.63) is 71.8 Å². The van der Waals surface area contributed by atoms with Gasteiger partial charge in [0.25, 0.3) is 0 Å². The maximum atomic E-state index is 10.8. The van der Waals surface area contributed by atoms with Crippen LogP contribution in [-0.4, -0.2) is 53.5 Å². The molecule has 0 heterocycles. The molecule has 8 heteroatoms. The summed E-state index contributed by atoms with van der Waals surface area (Å²) in [5, 5.41) is 9.04. The number of aliphatic carboxylic acids is 1. The molecule has 2 aromatic rings. The molecule has 0 amide bonds. The van der Waals surface area contributed by atoms with Gasteiger partial charge in [0.1, 0.15) is 0 Å². The zero-order chi connectivity index (χ0) is 22.0. The Hall–Kier alpha value is -1.13. The topological polar surface area (TPSA) is 37.3 Å². The van der Waals surface area contributed by atoms with Crippen molar-refractivity contribution in [3.63, 3.8) is 0 Å². The van der Waals surface area contributed by atoms with Crippen LogP contribution < -0.4 is 0 Å². The molecule has 2 rings (SSSR count). The molecule has 0 aliphatic heterocycles. The molecule has 0 aromatic heterocycles. The second kappa shape index (κ2) is 12.0. The Labute approximate surface area is 194 Å². The first-order valence-corrected chi connectivity index (χ1v) is 11.9. The highest BCUT2D eigenvalue weighted by Gasteiger charge is 2.26. The summed E-state index contributed by atoms with van der Waals surface area (Å²) >= 11 is 3.01. The van der Waals surface area contributed by atoms with Crippen LogP contribution in [0, 0.1) is 0 Å². The molecular formula is C22H24B4O2S2. The number of hydrogen-bond donors (Lipinski definition) is 1. The molecule has 2 aromatic carbocycles. The van der Waals surface area contributed by atoms with Crippen LogP contribution in [0.15, 0.2) is 60.7 Å². The highest BCUT2D eigenvalue weighted by atomic mass is 32.2. The molecule has 1 unspecified atom stereocenters. The number of carbonyl (C=O) groups is 1. The molecule has 148 valence electrons. The molecule has 0 aliphatic carbocycles. The van der Waals surface area contributed by atoms with Crippen molar-refractivity contribution in [2.75, 3.05) is 5.75 Å². The predicted molar refractivity (Wildman–Crippen MR) is 134 cm³/mol. The van der Waals surface area contributed by atoms with E-state index in [1.165, 1.54) is 23.5 Å². The van der Waals surface area contributed by atoms with E-state index in [0.717, 1.165) is 36.1 Å². The molecule has 8 radical (unpaired) electrons. The van der Waals surface area contributed by atoms with Gasteiger partial charge in [0.15, 0.2) is 0 Å². The number of carboxylic acid groups (broad SMARTS) is 1. The normalized spacial score (nSPS) is 13.1. The van der Waals surface area contributed by atoms with Gasteiger partial charge < -0.3 is 5.11 Å². The SMILES string of the molecule is [B]C([B])(SCCC(CCCCC(=O)O)SC([B])([B])c1ccccc1)c1ccccc1. The second-order valence-corrected chi connectivity index (χ2v) is 10.3. The van der Waals surface area contributed by atoms with Gasteiger partial charge in [0.2, 0.25) is 0 Å². The summed E-state index contributed by atoms with van der Waals surface area (Å²) in [7, 11) is 25.5. The van der Waals surface area contributed by atoms with Gasteiger partial charge in [-0.3, -0.25) is 4.79 Å². The van der Waals surface area contributed by atoms with E-state index in [1.807, 2.05) is 60.7 Å². The Morgan fingerprint density at radius 3 is 1.90 bits per heavy atom. The molecule has 0 aliphatic rings. The third kappa shape index (κ3) is 8.55. The smallest absolute Gasteiger partial charge is 0.303 e. The van der Waals surface area contributed by atoms with E-state index < -0.39 is 15.1 Å². The van der Waals surface area contributed by atoms with Gasteiger partial charge >= 0.3 is 5.97 Å². The van der Waals surface area contributed by atoms with Crippen molar-refractivity contribution in [2.24, 2.45) is 0 Å². The van der Waals surface area contributed by atoms with Crippen LogP contribution in [0.4, 0.5) is 0 Å². The second-order valence-electron chi connectivity index (χ2n) is 7.33. The highest BCUT2D eigenvalue weighted by Crippen LogP contribution is 2.39. The van der Waals surface area contributed by atoms with E-state index in [4.69, 9.17) is 36.5 Å². The summed E-state index contributed by atoms with van der Waals surface area (Å²) < 4.78 is -1.99. The Morgan fingerprint density at radius 2 is 1.37 bits per heavy atom. The average molecular weight is 428 g/mol. The number of hydrogen-bond acceptors (Lipinski definition) is 3. The monoisotopic (exact) mass is 428 g/mol. The maximum Gasteiger partial charge on any atom is 0.303 e. The van der Waals surface area contributed by atoms with Crippen molar-refractivity contribution in [1.29, 1.82) is 0 Å². The molecule has 0 bridgehead atoms. The van der Waals surface area contributed by atoms with Gasteiger partial charge in [-0.15, -0.1) is 0 Å². The molecular weight excluding hydrogens is 404 g/mol. The number of rotatable bonds is 13. The van der Waals surface area contributed by atoms with Gasteiger partial charge in [-0.1, -0.05) is 67.1 Å². The van der Waals surface area contributed by atoms with E-state index >= 15 is 0 Å². The summed E-state index contributed by atoms with van der Waals surface area (Å²) in [6, 6.07) is 19.2. The highest BCUT2D eigenvalue weighted by molar-refractivity contribution is 8.03. The van der Waals surface area contributed by atoms with Gasteiger partial charge in [0.05, 0.1) is 31.4 Å². The van der Waals surface area contributed by atoms with E-state index in [9.17, 15) is 4.79 Å². The first-order valence-electron chi connectivity index (χ1n) is 10.0. The first kappa shape index (κ1) is 25.1. The summed E-state index contributed by atoms with van der Waals surface area (Å²) in [6.45, 7) is 0. The molecule has 1 N–H and O–H groups in total. The van der Waals surface area contributed by atoms with Crippen molar-refractivity contribution in [2.45, 2.75) is 46.4 Å². The van der Waals surface area contributed by atoms with Crippen molar-refractivity contribution < 1.29 is 9.90 Å². The minimum atomic E-state index is -1.02. The van der Waals surface area contributed by atoms with Gasteiger partial charge in [-0.25, -0.2) is 0 Å². The predicted octanol–water partition coefficient (Wildman–Crippen LogP) is 4.15. The Morgan fingerprint density at radius 1 is 0.833 bits per heavy atom. The number of thioether (sulfide) groups is 2. The largest absolute Gasteiger partial charge is 0.481 e. The minimum absolute atomic E-state index is 0.160. The molecule has 2 nitrogen and oxygen atoms in total. The summed E-state index contributed by atoms with van der Waals surface area (Å²) in [4.78, 5) is 10.8. The molecule has 1 atom stereocenters. The fraction of sp³-hybridized carbons (Fsp3) is 0.409. The number of carboxylic acids is 1. The van der Waals surface area contributed by atoms with Crippen LogP contribution in [0.5, 0.6) is 0 Å². The van der Waals surface area contributed by atoms with Crippen LogP contribution >= 0.6 is 23.5 Å². The number of benzene rings is 2. The third-order valence-corrected chi connectivity index (χ3v) is 7.34. The zero-order valence-corrected chi connectivity index (χ0v) is 18.7. The summed E-state index contributed by atoms with van der Waals surface area (Å²) in [5.41, 5.74) is 1.73. The van der Waals surface area contributed by atoms with Gasteiger partial charge in [0, 0.05) is 11.7 Å². The van der Waals surface area contributed by atoms with E-state index in [2.05, 4.69) is 0 Å². The quantitative estimate of drug-likeness (QED) is 0.385. The van der Waals surface area contributed by atoms with Gasteiger partial charge in [-0.05, 0) is 45.2 Å². The fourth-order valence-electron chi connectivity index (χ4n) is 3.09. The maximum absolute atomic E-state index is 10.8. The van der Waals surface area contributed by atoms with Crippen LogP contribution in [0.25, 0.3) is 0 Å². The molecule has 30 heavy (non-hydrogen) atoms. The lowest BCUT2D eigenvalue weighted by atomic mass is 9.65. The first-order chi connectivity index (χ1) is 14.2. The van der Waals surface area contributed by atoms with E-state index in [-0.39, 0.29) is 11.7 Å². The van der Waals surface area contributed by atoms with Crippen molar-refractivity contribution in [3.8, 4) is 0 Å². The lowest BCUT2D eigenvalue weighted by Crippen LogP contribution is -2.27. The standard InChI is InChI=1S/C22H24B4O2S2/c23-21(24,17-9-3-1-4-10-17)29-16-15-19(13-7-8-14-20(27)28)30-22(25,26)18-11-5-2-6-12-18/h1-6,9-12,19H,7-8,13-16H2,(H,27,28). The zero-order valence-electron chi connectivity index (χ0n) is 17.1. The van der Waals surface area contributed by atoms with Crippen LogP contribution in [0.2, 0.25) is 0 Å². The lowest BCUT2D eigenvalue weighted by molar-refractivity contribution is -0.137. The van der Waals surface area contributed by atoms with Crippen LogP contribution in [0.1, 0.15) is 43.2 Å². The van der Waals surface area contributed by atoms with Crippen molar-refractivity contribution >= 4 is 60.9 Å². The number of unbranched alkanes of at least 4 members (excludes halogenated alkanes) is 1. The van der Waals surface area contributed by atoms with E-state index in [1.54, 1.807) is 0 Å². The Bertz CT molecular complexity index is 773. The van der Waals surface area contributed by atoms with Crippen LogP contribution in [-0.2, 0) is 13.9 Å². The summed E-state index contributed by atoms with van der Waals surface area (Å²) in [6.07, 6.45) is 3.25. The lowest BCUT2D eigenvalue weighted by Gasteiger charge is -2.32. The van der Waals surface area contributed by atoms with Gasteiger partial charge in [-0.2, -0.15) is 23.5 Å². The minimum Gasteiger partial charge on any atom is -0.481 e. The molecule has 0 saturated heterocycles. The molecule has 0 spiro atoms. The van der Waals surface area contributed by atoms with Crippen molar-refractivity contribution in [1.82, 2.24) is 0 Å². The third-order valence-electron chi connectivity index (χ3n) is 4.76. The molecule has 0 saturated carbocycles.